The summed E-state index contributed by atoms with van der Waals surface area (Å²) in [5.74, 6) is 0.643. The van der Waals surface area contributed by atoms with Crippen molar-refractivity contribution in [3.8, 4) is 0 Å². The maximum atomic E-state index is 12.1. The average molecular weight is 302 g/mol. The van der Waals surface area contributed by atoms with Crippen molar-refractivity contribution in [2.45, 2.75) is 50.5 Å². The highest BCUT2D eigenvalue weighted by Gasteiger charge is 2.33. The molecule has 1 amide bonds. The van der Waals surface area contributed by atoms with Gasteiger partial charge in [-0.15, -0.1) is 0 Å². The van der Waals surface area contributed by atoms with Gasteiger partial charge >= 0.3 is 0 Å². The second-order valence-electron chi connectivity index (χ2n) is 6.34. The third-order valence-electron chi connectivity index (χ3n) is 4.75. The molecule has 2 fully saturated rings. The Labute approximate surface area is 121 Å². The predicted octanol–water partition coefficient (Wildman–Crippen LogP) is 0.850. The molecule has 1 saturated carbocycles. The first-order chi connectivity index (χ1) is 9.45. The lowest BCUT2D eigenvalue weighted by Crippen LogP contribution is -2.48. The predicted molar refractivity (Wildman–Crippen MR) is 79.3 cm³/mol. The third-order valence-corrected chi connectivity index (χ3v) is 6.59. The van der Waals surface area contributed by atoms with Crippen LogP contribution in [-0.4, -0.2) is 45.0 Å². The third kappa shape index (κ3) is 4.19. The highest BCUT2D eigenvalue weighted by atomic mass is 32.2. The van der Waals surface area contributed by atoms with E-state index in [2.05, 4.69) is 10.6 Å². The van der Waals surface area contributed by atoms with Gasteiger partial charge in [-0.3, -0.25) is 4.79 Å². The molecular weight excluding hydrogens is 276 g/mol. The van der Waals surface area contributed by atoms with E-state index in [1.165, 1.54) is 19.3 Å². The second kappa shape index (κ2) is 6.43. The van der Waals surface area contributed by atoms with Crippen molar-refractivity contribution in [2.24, 2.45) is 5.92 Å². The van der Waals surface area contributed by atoms with Gasteiger partial charge < -0.3 is 10.6 Å². The van der Waals surface area contributed by atoms with Crippen molar-refractivity contribution >= 4 is 15.7 Å². The minimum Gasteiger partial charge on any atom is -0.356 e. The van der Waals surface area contributed by atoms with Gasteiger partial charge in [0.2, 0.25) is 5.91 Å². The van der Waals surface area contributed by atoms with Crippen LogP contribution < -0.4 is 10.6 Å². The fraction of sp³-hybridized carbons (Fsp3) is 0.929. The highest BCUT2D eigenvalue weighted by Crippen LogP contribution is 2.30. The Morgan fingerprint density at radius 2 is 1.95 bits per heavy atom. The van der Waals surface area contributed by atoms with Crippen LogP contribution in [0.25, 0.3) is 0 Å². The Kier molecular flexibility index (Phi) is 5.07. The molecule has 1 heterocycles. The van der Waals surface area contributed by atoms with Gasteiger partial charge in [-0.25, -0.2) is 8.42 Å². The van der Waals surface area contributed by atoms with Crippen LogP contribution in [0.15, 0.2) is 0 Å². The van der Waals surface area contributed by atoms with Crippen molar-refractivity contribution in [3.63, 3.8) is 0 Å². The van der Waals surface area contributed by atoms with Gasteiger partial charge in [-0.05, 0) is 32.2 Å². The lowest BCUT2D eigenvalue weighted by molar-refractivity contribution is -0.123. The van der Waals surface area contributed by atoms with E-state index in [9.17, 15) is 13.2 Å². The lowest BCUT2D eigenvalue weighted by Gasteiger charge is -2.36. The standard InChI is InChI=1S/C14H26N2O3S/c1-15-14(6-3-2-4-7-14)9-13(17)16-10-12-5-8-20(18,19)11-12/h12,15H,2-11H2,1H3,(H,16,17). The molecule has 0 spiro atoms. The monoisotopic (exact) mass is 302 g/mol. The molecule has 0 aromatic heterocycles. The highest BCUT2D eigenvalue weighted by molar-refractivity contribution is 7.91. The molecule has 1 aliphatic carbocycles. The fourth-order valence-corrected chi connectivity index (χ4v) is 5.27. The molecule has 2 rings (SSSR count). The number of hydrogen-bond acceptors (Lipinski definition) is 4. The van der Waals surface area contributed by atoms with Gasteiger partial charge in [-0.2, -0.15) is 0 Å². The van der Waals surface area contributed by atoms with Crippen LogP contribution in [0.3, 0.4) is 0 Å². The molecule has 1 atom stereocenters. The van der Waals surface area contributed by atoms with E-state index in [0.717, 1.165) is 12.8 Å². The number of amides is 1. The van der Waals surface area contributed by atoms with Gasteiger partial charge in [0.1, 0.15) is 0 Å². The van der Waals surface area contributed by atoms with Crippen molar-refractivity contribution < 1.29 is 13.2 Å². The summed E-state index contributed by atoms with van der Waals surface area (Å²) in [6.45, 7) is 0.498. The Hall–Kier alpha value is -0.620. The number of sulfone groups is 1. The largest absolute Gasteiger partial charge is 0.356 e. The summed E-state index contributed by atoms with van der Waals surface area (Å²) in [5, 5.41) is 6.26. The Balaban J connectivity index is 1.77. The summed E-state index contributed by atoms with van der Waals surface area (Å²) in [5.41, 5.74) is -0.0515. The molecule has 0 aromatic rings. The summed E-state index contributed by atoms with van der Waals surface area (Å²) in [4.78, 5) is 12.1. The summed E-state index contributed by atoms with van der Waals surface area (Å²) in [6, 6.07) is 0. The number of hydrogen-bond donors (Lipinski definition) is 2. The Morgan fingerprint density at radius 3 is 2.50 bits per heavy atom. The number of nitrogens with one attached hydrogen (secondary N) is 2. The van der Waals surface area contributed by atoms with Crippen LogP contribution in [0.4, 0.5) is 0 Å². The van der Waals surface area contributed by atoms with Crippen LogP contribution in [0.1, 0.15) is 44.9 Å². The van der Waals surface area contributed by atoms with Gasteiger partial charge in [0.05, 0.1) is 11.5 Å². The minimum atomic E-state index is -2.85. The van der Waals surface area contributed by atoms with Crippen molar-refractivity contribution in [3.05, 3.63) is 0 Å². The molecule has 116 valence electrons. The molecule has 0 radical (unpaired) electrons. The first-order valence-electron chi connectivity index (χ1n) is 7.61. The lowest BCUT2D eigenvalue weighted by atomic mass is 9.79. The molecule has 2 aliphatic rings. The molecule has 1 aliphatic heterocycles. The smallest absolute Gasteiger partial charge is 0.221 e. The quantitative estimate of drug-likeness (QED) is 0.789. The van der Waals surface area contributed by atoms with Crippen LogP contribution in [-0.2, 0) is 14.6 Å². The van der Waals surface area contributed by atoms with Gasteiger partial charge in [0.25, 0.3) is 0 Å². The summed E-state index contributed by atoms with van der Waals surface area (Å²) in [6.07, 6.45) is 6.89. The summed E-state index contributed by atoms with van der Waals surface area (Å²) >= 11 is 0. The van der Waals surface area contributed by atoms with Crippen LogP contribution in [0.2, 0.25) is 0 Å². The van der Waals surface area contributed by atoms with Crippen LogP contribution in [0.5, 0.6) is 0 Å². The molecule has 20 heavy (non-hydrogen) atoms. The Morgan fingerprint density at radius 1 is 1.25 bits per heavy atom. The Bertz CT molecular complexity index is 441. The zero-order valence-electron chi connectivity index (χ0n) is 12.3. The maximum Gasteiger partial charge on any atom is 0.221 e. The molecule has 6 heteroatoms. The number of carbonyl (C=O) groups is 1. The van der Waals surface area contributed by atoms with Gasteiger partial charge in [-0.1, -0.05) is 19.3 Å². The number of carbonyl (C=O) groups excluding carboxylic acids is 1. The van der Waals surface area contributed by atoms with Gasteiger partial charge in [0.15, 0.2) is 9.84 Å². The fourth-order valence-electron chi connectivity index (χ4n) is 3.40. The summed E-state index contributed by atoms with van der Waals surface area (Å²) < 4.78 is 22.8. The van der Waals surface area contributed by atoms with E-state index >= 15 is 0 Å². The minimum absolute atomic E-state index is 0.0468. The molecule has 0 bridgehead atoms. The zero-order valence-corrected chi connectivity index (χ0v) is 13.1. The zero-order chi connectivity index (χ0) is 14.6. The average Bonchev–Trinajstić information content (AvgIpc) is 2.77. The van der Waals surface area contributed by atoms with E-state index < -0.39 is 9.84 Å². The van der Waals surface area contributed by atoms with Crippen LogP contribution >= 0.6 is 0 Å². The van der Waals surface area contributed by atoms with Crippen LogP contribution in [0, 0.1) is 5.92 Å². The van der Waals surface area contributed by atoms with Crippen molar-refractivity contribution in [1.29, 1.82) is 0 Å². The van der Waals surface area contributed by atoms with E-state index in [0.29, 0.717) is 19.4 Å². The topological polar surface area (TPSA) is 75.3 Å². The van der Waals surface area contributed by atoms with Crippen molar-refractivity contribution in [2.75, 3.05) is 25.1 Å². The molecule has 1 saturated heterocycles. The van der Waals surface area contributed by atoms with E-state index in [4.69, 9.17) is 0 Å². The first kappa shape index (κ1) is 15.8. The molecule has 2 N–H and O–H groups in total. The van der Waals surface area contributed by atoms with Crippen molar-refractivity contribution in [1.82, 2.24) is 10.6 Å². The molecule has 0 aromatic carbocycles. The van der Waals surface area contributed by atoms with E-state index in [1.54, 1.807) is 0 Å². The summed E-state index contributed by atoms with van der Waals surface area (Å²) in [7, 11) is -0.918. The molecule has 5 nitrogen and oxygen atoms in total. The number of rotatable bonds is 5. The second-order valence-corrected chi connectivity index (χ2v) is 8.57. The first-order valence-corrected chi connectivity index (χ1v) is 9.43. The van der Waals surface area contributed by atoms with E-state index in [-0.39, 0.29) is 28.9 Å². The van der Waals surface area contributed by atoms with Gasteiger partial charge in [0, 0.05) is 18.5 Å². The normalized spacial score (nSPS) is 28.1. The molecule has 1 unspecified atom stereocenters. The molecular formula is C14H26N2O3S. The van der Waals surface area contributed by atoms with E-state index in [1.807, 2.05) is 7.05 Å². The maximum absolute atomic E-state index is 12.1. The SMILES string of the molecule is CNC1(CC(=O)NCC2CCS(=O)(=O)C2)CCCCC1.